The van der Waals surface area contributed by atoms with Crippen LogP contribution < -0.4 is 16.6 Å². The molecule has 0 spiro atoms. The van der Waals surface area contributed by atoms with Crippen molar-refractivity contribution in [2.45, 2.75) is 32.1 Å². The van der Waals surface area contributed by atoms with Gasteiger partial charge in [-0.1, -0.05) is 6.42 Å². The van der Waals surface area contributed by atoms with E-state index in [-0.39, 0.29) is 30.3 Å². The molecular formula is C14H19N5O4. The minimum atomic E-state index is -0.808. The third-order valence-corrected chi connectivity index (χ3v) is 3.31. The second-order valence-electron chi connectivity index (χ2n) is 5.24. The SMILES string of the molecule is Nc1nc2[nH]c(CC(=O)NCCCCCC(=O)O)cc2c(=O)[nH]1. The molecule has 0 fully saturated rings. The lowest BCUT2D eigenvalue weighted by molar-refractivity contribution is -0.137. The monoisotopic (exact) mass is 321 g/mol. The highest BCUT2D eigenvalue weighted by Crippen LogP contribution is 2.10. The van der Waals surface area contributed by atoms with Crippen molar-refractivity contribution in [1.82, 2.24) is 20.3 Å². The first-order valence-electron chi connectivity index (χ1n) is 7.31. The summed E-state index contributed by atoms with van der Waals surface area (Å²) >= 11 is 0. The number of carboxylic acids is 1. The molecule has 0 aliphatic heterocycles. The zero-order chi connectivity index (χ0) is 16.8. The van der Waals surface area contributed by atoms with Crippen LogP contribution in [-0.4, -0.2) is 38.5 Å². The number of fused-ring (bicyclic) bond motifs is 1. The van der Waals surface area contributed by atoms with Gasteiger partial charge >= 0.3 is 5.97 Å². The number of nitrogens with one attached hydrogen (secondary N) is 3. The molecule has 0 aliphatic rings. The summed E-state index contributed by atoms with van der Waals surface area (Å²) < 4.78 is 0. The molecule has 0 radical (unpaired) electrons. The molecule has 2 heterocycles. The highest BCUT2D eigenvalue weighted by molar-refractivity contribution is 5.82. The van der Waals surface area contributed by atoms with Gasteiger partial charge in [0.2, 0.25) is 11.9 Å². The lowest BCUT2D eigenvalue weighted by Gasteiger charge is -2.03. The second kappa shape index (κ2) is 7.43. The second-order valence-corrected chi connectivity index (χ2v) is 5.24. The predicted octanol–water partition coefficient (Wildman–Crippen LogP) is 0.137. The molecule has 0 saturated carbocycles. The standard InChI is InChI=1S/C14H19N5O4/c15-14-18-12-9(13(23)19-14)6-8(17-12)7-10(20)16-5-3-1-2-4-11(21)22/h6H,1-5,7H2,(H,16,20)(H,21,22)(H4,15,17,18,19,23). The van der Waals surface area contributed by atoms with E-state index < -0.39 is 5.97 Å². The summed E-state index contributed by atoms with van der Waals surface area (Å²) in [6, 6.07) is 1.58. The van der Waals surface area contributed by atoms with Gasteiger partial charge in [-0.2, -0.15) is 4.98 Å². The first-order chi connectivity index (χ1) is 11.0. The molecule has 2 aromatic rings. The van der Waals surface area contributed by atoms with Crippen molar-refractivity contribution in [1.29, 1.82) is 0 Å². The van der Waals surface area contributed by atoms with Gasteiger partial charge in [0.05, 0.1) is 11.8 Å². The number of carboxylic acid groups (broad SMARTS) is 1. The van der Waals surface area contributed by atoms with Crippen molar-refractivity contribution in [2.24, 2.45) is 0 Å². The van der Waals surface area contributed by atoms with Crippen molar-refractivity contribution >= 4 is 28.9 Å². The average Bonchev–Trinajstić information content (AvgIpc) is 2.85. The molecule has 9 nitrogen and oxygen atoms in total. The lowest BCUT2D eigenvalue weighted by Crippen LogP contribution is -2.26. The van der Waals surface area contributed by atoms with Gasteiger partial charge in [-0.3, -0.25) is 19.4 Å². The summed E-state index contributed by atoms with van der Waals surface area (Å²) in [5.74, 6) is -0.974. The third kappa shape index (κ3) is 4.83. The molecule has 0 atom stereocenters. The first-order valence-corrected chi connectivity index (χ1v) is 7.31. The molecule has 2 aromatic heterocycles. The fraction of sp³-hybridized carbons (Fsp3) is 0.429. The van der Waals surface area contributed by atoms with Crippen molar-refractivity contribution in [3.63, 3.8) is 0 Å². The molecule has 9 heteroatoms. The number of carbonyl (C=O) groups is 2. The largest absolute Gasteiger partial charge is 0.481 e. The normalized spacial score (nSPS) is 10.8. The Morgan fingerprint density at radius 2 is 2.04 bits per heavy atom. The highest BCUT2D eigenvalue weighted by atomic mass is 16.4. The Morgan fingerprint density at radius 1 is 1.26 bits per heavy atom. The van der Waals surface area contributed by atoms with Gasteiger partial charge in [0.1, 0.15) is 5.65 Å². The Kier molecular flexibility index (Phi) is 5.34. The van der Waals surface area contributed by atoms with Crippen molar-refractivity contribution in [3.8, 4) is 0 Å². The van der Waals surface area contributed by atoms with Gasteiger partial charge in [-0.15, -0.1) is 0 Å². The molecule has 0 bridgehead atoms. The number of hydrogen-bond acceptors (Lipinski definition) is 5. The number of carbonyl (C=O) groups excluding carboxylic acids is 1. The smallest absolute Gasteiger partial charge is 0.303 e. The van der Waals surface area contributed by atoms with Crippen LogP contribution in [0.25, 0.3) is 11.0 Å². The maximum Gasteiger partial charge on any atom is 0.303 e. The number of unbranched alkanes of at least 4 members (excludes halogenated alkanes) is 2. The van der Waals surface area contributed by atoms with Crippen molar-refractivity contribution in [2.75, 3.05) is 12.3 Å². The van der Waals surface area contributed by atoms with Crippen LogP contribution in [0.5, 0.6) is 0 Å². The van der Waals surface area contributed by atoms with E-state index in [0.717, 1.165) is 12.8 Å². The predicted molar refractivity (Wildman–Crippen MR) is 83.9 cm³/mol. The average molecular weight is 321 g/mol. The van der Waals surface area contributed by atoms with E-state index >= 15 is 0 Å². The summed E-state index contributed by atoms with van der Waals surface area (Å²) in [7, 11) is 0. The van der Waals surface area contributed by atoms with E-state index in [2.05, 4.69) is 20.3 Å². The Hall–Kier alpha value is -2.84. The summed E-state index contributed by atoms with van der Waals surface area (Å²) in [5, 5.41) is 11.6. The van der Waals surface area contributed by atoms with E-state index in [1.54, 1.807) is 6.07 Å². The van der Waals surface area contributed by atoms with Crippen LogP contribution in [0.3, 0.4) is 0 Å². The summed E-state index contributed by atoms with van der Waals surface area (Å²) in [6.45, 7) is 0.491. The number of amides is 1. The van der Waals surface area contributed by atoms with E-state index in [9.17, 15) is 14.4 Å². The number of nitrogen functional groups attached to an aromatic ring is 1. The Bertz CT molecular complexity index is 764. The van der Waals surface area contributed by atoms with Gasteiger partial charge < -0.3 is 21.1 Å². The number of anilines is 1. The van der Waals surface area contributed by atoms with Crippen LogP contribution in [0.2, 0.25) is 0 Å². The zero-order valence-corrected chi connectivity index (χ0v) is 12.5. The molecule has 124 valence electrons. The fourth-order valence-corrected chi connectivity index (χ4v) is 2.23. The van der Waals surface area contributed by atoms with Crippen LogP contribution in [-0.2, 0) is 16.0 Å². The van der Waals surface area contributed by atoms with Crippen LogP contribution in [0.15, 0.2) is 10.9 Å². The number of nitrogens with two attached hydrogens (primary N) is 1. The Morgan fingerprint density at radius 3 is 2.78 bits per heavy atom. The molecule has 0 aromatic carbocycles. The van der Waals surface area contributed by atoms with Crippen LogP contribution in [0, 0.1) is 0 Å². The van der Waals surface area contributed by atoms with E-state index in [0.29, 0.717) is 29.7 Å². The number of aromatic nitrogens is 3. The van der Waals surface area contributed by atoms with Gasteiger partial charge in [-0.05, 0) is 18.9 Å². The summed E-state index contributed by atoms with van der Waals surface area (Å²) in [4.78, 5) is 43.1. The fourth-order valence-electron chi connectivity index (χ4n) is 2.23. The van der Waals surface area contributed by atoms with Crippen LogP contribution >= 0.6 is 0 Å². The zero-order valence-electron chi connectivity index (χ0n) is 12.5. The maximum absolute atomic E-state index is 11.8. The molecule has 0 aliphatic carbocycles. The minimum absolute atomic E-state index is 0.0155. The topological polar surface area (TPSA) is 154 Å². The summed E-state index contributed by atoms with van der Waals surface area (Å²) in [5.41, 5.74) is 6.03. The van der Waals surface area contributed by atoms with Gasteiger partial charge in [0, 0.05) is 18.7 Å². The van der Waals surface area contributed by atoms with Crippen LogP contribution in [0.1, 0.15) is 31.4 Å². The molecule has 0 saturated heterocycles. The summed E-state index contributed by atoms with van der Waals surface area (Å²) in [6.07, 6.45) is 2.32. The molecule has 0 unspecified atom stereocenters. The van der Waals surface area contributed by atoms with E-state index in [4.69, 9.17) is 10.8 Å². The van der Waals surface area contributed by atoms with Gasteiger partial charge in [0.25, 0.3) is 5.56 Å². The molecule has 6 N–H and O–H groups in total. The van der Waals surface area contributed by atoms with Crippen molar-refractivity contribution in [3.05, 3.63) is 22.1 Å². The number of nitrogens with zero attached hydrogens (tertiary/aromatic N) is 1. The number of aliphatic carboxylic acids is 1. The number of H-pyrrole nitrogens is 2. The number of hydrogen-bond donors (Lipinski definition) is 5. The van der Waals surface area contributed by atoms with Crippen molar-refractivity contribution < 1.29 is 14.7 Å². The molecule has 23 heavy (non-hydrogen) atoms. The minimum Gasteiger partial charge on any atom is -0.481 e. The Labute approximate surface area is 131 Å². The molecule has 1 amide bonds. The van der Waals surface area contributed by atoms with Crippen LogP contribution in [0.4, 0.5) is 5.95 Å². The highest BCUT2D eigenvalue weighted by Gasteiger charge is 2.10. The number of aromatic amines is 2. The number of rotatable bonds is 8. The van der Waals surface area contributed by atoms with Gasteiger partial charge in [0.15, 0.2) is 0 Å². The molecule has 2 rings (SSSR count). The third-order valence-electron chi connectivity index (χ3n) is 3.31. The van der Waals surface area contributed by atoms with Gasteiger partial charge in [-0.25, -0.2) is 0 Å². The maximum atomic E-state index is 11.8. The lowest BCUT2D eigenvalue weighted by atomic mass is 10.2. The van der Waals surface area contributed by atoms with E-state index in [1.165, 1.54) is 0 Å². The molecular weight excluding hydrogens is 302 g/mol. The first kappa shape index (κ1) is 16.5. The van der Waals surface area contributed by atoms with E-state index in [1.807, 2.05) is 0 Å². The quantitative estimate of drug-likeness (QED) is 0.436. The Balaban J connectivity index is 1.80.